The minimum absolute atomic E-state index is 0.160. The van der Waals surface area contributed by atoms with Gasteiger partial charge in [-0.1, -0.05) is 17.7 Å². The molecule has 1 saturated heterocycles. The summed E-state index contributed by atoms with van der Waals surface area (Å²) in [4.78, 5) is 13.5. The Balaban J connectivity index is 2.15. The molecule has 1 aliphatic heterocycles. The first kappa shape index (κ1) is 12.2. The Morgan fingerprint density at radius 3 is 3.00 bits per heavy atom. The van der Waals surface area contributed by atoms with Crippen LogP contribution in [0.5, 0.6) is 0 Å². The van der Waals surface area contributed by atoms with E-state index in [4.69, 9.17) is 11.6 Å². The van der Waals surface area contributed by atoms with Gasteiger partial charge in [0.25, 0.3) is 0 Å². The van der Waals surface area contributed by atoms with Crippen LogP contribution in [0.3, 0.4) is 0 Å². The fourth-order valence-corrected chi connectivity index (χ4v) is 2.31. The van der Waals surface area contributed by atoms with E-state index in [0.29, 0.717) is 13.0 Å². The monoisotopic (exact) mass is 252 g/mol. The van der Waals surface area contributed by atoms with Crippen LogP contribution in [0.15, 0.2) is 18.2 Å². The molecule has 17 heavy (non-hydrogen) atoms. The lowest BCUT2D eigenvalue weighted by Gasteiger charge is -2.28. The molecule has 0 saturated carbocycles. The van der Waals surface area contributed by atoms with Crippen molar-refractivity contribution < 1.29 is 4.79 Å². The number of carbonyl (C=O) groups is 1. The van der Waals surface area contributed by atoms with Crippen molar-refractivity contribution in [3.8, 4) is 0 Å². The van der Waals surface area contributed by atoms with Crippen LogP contribution < -0.4 is 10.2 Å². The van der Waals surface area contributed by atoms with Crippen molar-refractivity contribution in [3.05, 3.63) is 28.8 Å². The summed E-state index contributed by atoms with van der Waals surface area (Å²) in [6.45, 7) is 4.49. The van der Waals surface area contributed by atoms with Gasteiger partial charge < -0.3 is 10.2 Å². The van der Waals surface area contributed by atoms with Gasteiger partial charge in [0.2, 0.25) is 5.91 Å². The number of halogens is 1. The van der Waals surface area contributed by atoms with E-state index >= 15 is 0 Å². The lowest BCUT2D eigenvalue weighted by molar-refractivity contribution is -0.121. The van der Waals surface area contributed by atoms with Crippen LogP contribution in [0.2, 0.25) is 5.02 Å². The number of anilines is 1. The van der Waals surface area contributed by atoms with E-state index in [-0.39, 0.29) is 5.91 Å². The molecule has 1 fully saturated rings. The van der Waals surface area contributed by atoms with E-state index in [9.17, 15) is 4.79 Å². The Bertz CT molecular complexity index is 408. The van der Waals surface area contributed by atoms with Crippen molar-refractivity contribution in [3.63, 3.8) is 0 Å². The number of rotatable bonds is 1. The molecule has 92 valence electrons. The normalized spacial score (nSPS) is 17.3. The molecule has 1 amide bonds. The molecule has 1 aromatic carbocycles. The van der Waals surface area contributed by atoms with E-state index in [0.717, 1.165) is 30.1 Å². The summed E-state index contributed by atoms with van der Waals surface area (Å²) in [5, 5.41) is 3.70. The van der Waals surface area contributed by atoms with E-state index < -0.39 is 0 Å². The van der Waals surface area contributed by atoms with Gasteiger partial charge >= 0.3 is 0 Å². The number of nitrogens with zero attached hydrogens (tertiary/aromatic N) is 1. The van der Waals surface area contributed by atoms with Crippen LogP contribution >= 0.6 is 11.6 Å². The Labute approximate surface area is 107 Å². The number of amides is 1. The molecule has 2 rings (SSSR count). The third kappa shape index (κ3) is 2.91. The molecule has 0 radical (unpaired) electrons. The van der Waals surface area contributed by atoms with Gasteiger partial charge in [-0.15, -0.1) is 0 Å². The number of hydrogen-bond donors (Lipinski definition) is 1. The molecule has 1 N–H and O–H groups in total. The lowest BCUT2D eigenvalue weighted by atomic mass is 10.1. The zero-order valence-corrected chi connectivity index (χ0v) is 10.8. The summed E-state index contributed by atoms with van der Waals surface area (Å²) in [5.41, 5.74) is 2.29. The minimum Gasteiger partial charge on any atom is -0.369 e. The van der Waals surface area contributed by atoms with Crippen LogP contribution in [-0.2, 0) is 4.79 Å². The molecule has 0 aliphatic carbocycles. The van der Waals surface area contributed by atoms with Crippen molar-refractivity contribution in [2.45, 2.75) is 19.8 Å². The average molecular weight is 253 g/mol. The zero-order chi connectivity index (χ0) is 12.3. The molecule has 3 nitrogen and oxygen atoms in total. The molecule has 0 aromatic heterocycles. The molecule has 1 aliphatic rings. The highest BCUT2D eigenvalue weighted by Crippen LogP contribution is 2.26. The molecule has 0 spiro atoms. The maximum Gasteiger partial charge on any atom is 0.220 e. The standard InChI is InChI=1S/C13H17ClN2O/c1-10-11(14)4-2-5-12(10)16-8-3-6-13(17)15-7-9-16/h2,4-5H,3,6-9H2,1H3,(H,15,17). The average Bonchev–Trinajstić information content (AvgIpc) is 2.28. The van der Waals surface area contributed by atoms with E-state index in [2.05, 4.69) is 16.3 Å². The first-order chi connectivity index (χ1) is 8.18. The topological polar surface area (TPSA) is 32.3 Å². The molecule has 4 heteroatoms. The predicted molar refractivity (Wildman–Crippen MR) is 70.6 cm³/mol. The van der Waals surface area contributed by atoms with Crippen molar-refractivity contribution in [1.29, 1.82) is 0 Å². The molecule has 1 heterocycles. The van der Waals surface area contributed by atoms with Crippen molar-refractivity contribution >= 4 is 23.2 Å². The number of benzene rings is 1. The van der Waals surface area contributed by atoms with Crippen LogP contribution in [0.25, 0.3) is 0 Å². The van der Waals surface area contributed by atoms with Crippen molar-refractivity contribution in [2.24, 2.45) is 0 Å². The highest BCUT2D eigenvalue weighted by molar-refractivity contribution is 6.31. The van der Waals surface area contributed by atoms with Crippen LogP contribution in [-0.4, -0.2) is 25.5 Å². The SMILES string of the molecule is Cc1c(Cl)cccc1N1CCCC(=O)NCC1. The van der Waals surface area contributed by atoms with Gasteiger partial charge in [-0.2, -0.15) is 0 Å². The Kier molecular flexibility index (Phi) is 3.89. The second-order valence-corrected chi connectivity index (χ2v) is 4.73. The quantitative estimate of drug-likeness (QED) is 0.832. The maximum atomic E-state index is 11.2. The van der Waals surface area contributed by atoms with Gasteiger partial charge in [0.05, 0.1) is 0 Å². The van der Waals surface area contributed by atoms with Gasteiger partial charge in [-0.25, -0.2) is 0 Å². The molecule has 1 aromatic rings. The highest BCUT2D eigenvalue weighted by Gasteiger charge is 2.14. The summed E-state index contributed by atoms with van der Waals surface area (Å²) in [6.07, 6.45) is 1.49. The third-order valence-electron chi connectivity index (χ3n) is 3.12. The largest absolute Gasteiger partial charge is 0.369 e. The fourth-order valence-electron chi connectivity index (χ4n) is 2.14. The Morgan fingerprint density at radius 1 is 1.35 bits per heavy atom. The molecule has 0 atom stereocenters. The van der Waals surface area contributed by atoms with Crippen LogP contribution in [0, 0.1) is 6.92 Å². The summed E-state index contributed by atoms with van der Waals surface area (Å²) >= 11 is 6.13. The maximum absolute atomic E-state index is 11.2. The van der Waals surface area contributed by atoms with Gasteiger partial charge in [-0.05, 0) is 31.0 Å². The van der Waals surface area contributed by atoms with Gasteiger partial charge in [0.15, 0.2) is 0 Å². The second kappa shape index (κ2) is 5.41. The molecular formula is C13H17ClN2O. The number of carbonyl (C=O) groups excluding carboxylic acids is 1. The zero-order valence-electron chi connectivity index (χ0n) is 10.0. The van der Waals surface area contributed by atoms with E-state index in [1.54, 1.807) is 0 Å². The van der Waals surface area contributed by atoms with E-state index in [1.165, 1.54) is 5.69 Å². The van der Waals surface area contributed by atoms with Gasteiger partial charge in [0.1, 0.15) is 0 Å². The highest BCUT2D eigenvalue weighted by atomic mass is 35.5. The Hall–Kier alpha value is -1.22. The fraction of sp³-hybridized carbons (Fsp3) is 0.462. The van der Waals surface area contributed by atoms with E-state index in [1.807, 2.05) is 19.1 Å². The molecular weight excluding hydrogens is 236 g/mol. The first-order valence-corrected chi connectivity index (χ1v) is 6.33. The Morgan fingerprint density at radius 2 is 2.18 bits per heavy atom. The number of nitrogens with one attached hydrogen (secondary N) is 1. The second-order valence-electron chi connectivity index (χ2n) is 4.32. The van der Waals surface area contributed by atoms with Gasteiger partial charge in [-0.3, -0.25) is 4.79 Å². The summed E-state index contributed by atoms with van der Waals surface area (Å²) in [6, 6.07) is 5.97. The first-order valence-electron chi connectivity index (χ1n) is 5.95. The molecule has 0 unspecified atom stereocenters. The minimum atomic E-state index is 0.160. The predicted octanol–water partition coefficient (Wildman–Crippen LogP) is 2.36. The van der Waals surface area contributed by atoms with Gasteiger partial charge in [0, 0.05) is 36.8 Å². The van der Waals surface area contributed by atoms with Crippen molar-refractivity contribution in [2.75, 3.05) is 24.5 Å². The summed E-state index contributed by atoms with van der Waals surface area (Å²) in [5.74, 6) is 0.160. The third-order valence-corrected chi connectivity index (χ3v) is 3.53. The smallest absolute Gasteiger partial charge is 0.220 e. The van der Waals surface area contributed by atoms with Crippen molar-refractivity contribution in [1.82, 2.24) is 5.32 Å². The molecule has 0 bridgehead atoms. The van der Waals surface area contributed by atoms with Crippen LogP contribution in [0.1, 0.15) is 18.4 Å². The van der Waals surface area contributed by atoms with Crippen LogP contribution in [0.4, 0.5) is 5.69 Å². The number of hydrogen-bond acceptors (Lipinski definition) is 2. The summed E-state index contributed by atoms with van der Waals surface area (Å²) in [7, 11) is 0. The lowest BCUT2D eigenvalue weighted by Crippen LogP contribution is -2.39. The summed E-state index contributed by atoms with van der Waals surface area (Å²) < 4.78 is 0.